The summed E-state index contributed by atoms with van der Waals surface area (Å²) in [5, 5.41) is 22.2. The summed E-state index contributed by atoms with van der Waals surface area (Å²) in [6.45, 7) is 0.916. The molecule has 2 bridgehead atoms. The molecule has 3 aromatic carbocycles. The van der Waals surface area contributed by atoms with Gasteiger partial charge in [0.2, 0.25) is 0 Å². The lowest BCUT2D eigenvalue weighted by Gasteiger charge is -2.56. The van der Waals surface area contributed by atoms with Gasteiger partial charge in [-0.15, -0.1) is 0 Å². The summed E-state index contributed by atoms with van der Waals surface area (Å²) >= 11 is 0. The number of aliphatic hydroxyl groups is 2. The molecule has 6 rings (SSSR count). The zero-order chi connectivity index (χ0) is 28.6. The van der Waals surface area contributed by atoms with Crippen LogP contribution in [0.3, 0.4) is 0 Å². The number of fused-ring (bicyclic) bond motifs is 1. The van der Waals surface area contributed by atoms with Gasteiger partial charge in [-0.2, -0.15) is 0 Å². The molecule has 1 amide bonds. The van der Waals surface area contributed by atoms with Gasteiger partial charge >= 0.3 is 6.09 Å². The summed E-state index contributed by atoms with van der Waals surface area (Å²) < 4.78 is 23.8. The van der Waals surface area contributed by atoms with Gasteiger partial charge in [-0.3, -0.25) is 0 Å². The second kappa shape index (κ2) is 11.1. The summed E-state index contributed by atoms with van der Waals surface area (Å²) in [5.74, 6) is 1.51. The zero-order valence-corrected chi connectivity index (χ0v) is 23.3. The molecule has 0 unspecified atom stereocenters. The second-order valence-electron chi connectivity index (χ2n) is 10.9. The number of hydrogen-bond acceptors (Lipinski definition) is 7. The van der Waals surface area contributed by atoms with Crippen LogP contribution in [-0.4, -0.2) is 60.2 Å². The minimum Gasteiger partial charge on any atom is -0.498 e. The summed E-state index contributed by atoms with van der Waals surface area (Å²) in [6, 6.07) is 23.0. The molecule has 8 nitrogen and oxygen atoms in total. The van der Waals surface area contributed by atoms with Gasteiger partial charge in [-0.1, -0.05) is 66.7 Å². The number of carbonyl (C=O) groups excluding carboxylic acids is 1. The summed E-state index contributed by atoms with van der Waals surface area (Å²) in [6.07, 6.45) is -1.43. The lowest BCUT2D eigenvalue weighted by atomic mass is 9.55. The highest BCUT2D eigenvalue weighted by Gasteiger charge is 2.58. The van der Waals surface area contributed by atoms with E-state index >= 15 is 0 Å². The van der Waals surface area contributed by atoms with Gasteiger partial charge in [0.15, 0.2) is 11.5 Å². The van der Waals surface area contributed by atoms with Crippen LogP contribution in [0.1, 0.15) is 35.1 Å². The Bertz CT molecular complexity index is 1440. The van der Waals surface area contributed by atoms with E-state index in [1.54, 1.807) is 12.0 Å². The van der Waals surface area contributed by atoms with Gasteiger partial charge in [0.1, 0.15) is 25.1 Å². The Labute approximate surface area is 239 Å². The molecule has 1 aliphatic heterocycles. The number of likely N-dealkylation sites (tertiary alicyclic amines) is 1. The molecule has 1 saturated heterocycles. The van der Waals surface area contributed by atoms with Crippen LogP contribution in [0.15, 0.2) is 84.1 Å². The van der Waals surface area contributed by atoms with Crippen LogP contribution >= 0.6 is 0 Å². The molecule has 3 aromatic rings. The second-order valence-corrected chi connectivity index (χ2v) is 10.9. The maximum absolute atomic E-state index is 13.5. The monoisotopic (exact) mass is 557 g/mol. The van der Waals surface area contributed by atoms with Crippen molar-refractivity contribution in [3.05, 3.63) is 106 Å². The van der Waals surface area contributed by atoms with Gasteiger partial charge in [0.05, 0.1) is 26.4 Å². The third kappa shape index (κ3) is 4.71. The van der Waals surface area contributed by atoms with E-state index in [1.807, 2.05) is 72.8 Å². The number of nitrogens with zero attached hydrogens (tertiary/aromatic N) is 1. The van der Waals surface area contributed by atoms with Crippen molar-refractivity contribution in [2.45, 2.75) is 56.1 Å². The number of aliphatic hydroxyl groups excluding tert-OH is 2. The third-order valence-corrected chi connectivity index (χ3v) is 8.67. The number of hydrogen-bond donors (Lipinski definition) is 2. The SMILES string of the molecule is COC1=C2[C@H]3Cc4ccc(OC)c(OCc5ccccc5)c4[C@]2(CCN3C(=O)OCc2ccccc2)C[C@@H](O)[C@H]1O. The van der Waals surface area contributed by atoms with E-state index in [-0.39, 0.29) is 13.0 Å². The van der Waals surface area contributed by atoms with Crippen molar-refractivity contribution in [2.24, 2.45) is 0 Å². The van der Waals surface area contributed by atoms with Gasteiger partial charge < -0.3 is 34.1 Å². The van der Waals surface area contributed by atoms with Crippen LogP contribution in [-0.2, 0) is 34.5 Å². The molecular weight excluding hydrogens is 522 g/mol. The van der Waals surface area contributed by atoms with Crippen LogP contribution in [0.5, 0.6) is 11.5 Å². The molecule has 1 fully saturated rings. The first kappa shape index (κ1) is 27.2. The van der Waals surface area contributed by atoms with E-state index < -0.39 is 29.8 Å². The summed E-state index contributed by atoms with van der Waals surface area (Å²) in [5.41, 5.74) is 3.92. The number of benzene rings is 3. The molecular formula is C33H35NO7. The number of amides is 1. The molecule has 214 valence electrons. The molecule has 0 radical (unpaired) electrons. The van der Waals surface area contributed by atoms with Crippen molar-refractivity contribution in [3.8, 4) is 11.5 Å². The van der Waals surface area contributed by atoms with Crippen molar-refractivity contribution < 1.29 is 34.0 Å². The van der Waals surface area contributed by atoms with Crippen molar-refractivity contribution in [2.75, 3.05) is 20.8 Å². The quantitative estimate of drug-likeness (QED) is 0.441. The normalized spacial score (nSPS) is 24.7. The van der Waals surface area contributed by atoms with Crippen molar-refractivity contribution in [1.82, 2.24) is 4.90 Å². The van der Waals surface area contributed by atoms with E-state index in [0.717, 1.165) is 27.8 Å². The van der Waals surface area contributed by atoms with Crippen LogP contribution < -0.4 is 9.47 Å². The van der Waals surface area contributed by atoms with E-state index in [0.29, 0.717) is 43.3 Å². The topological polar surface area (TPSA) is 97.7 Å². The van der Waals surface area contributed by atoms with Gasteiger partial charge in [0.25, 0.3) is 0 Å². The van der Waals surface area contributed by atoms with Crippen LogP contribution in [0, 0.1) is 0 Å². The molecule has 2 N–H and O–H groups in total. The van der Waals surface area contributed by atoms with Crippen molar-refractivity contribution >= 4 is 6.09 Å². The minimum absolute atomic E-state index is 0.164. The first-order valence-electron chi connectivity index (χ1n) is 14.0. The fourth-order valence-electron chi connectivity index (χ4n) is 6.86. The Kier molecular flexibility index (Phi) is 7.36. The average Bonchev–Trinajstić information content (AvgIpc) is 3.00. The molecule has 41 heavy (non-hydrogen) atoms. The minimum atomic E-state index is -1.20. The third-order valence-electron chi connectivity index (χ3n) is 8.67. The van der Waals surface area contributed by atoms with Crippen molar-refractivity contribution in [3.63, 3.8) is 0 Å². The molecule has 0 spiro atoms. The highest BCUT2D eigenvalue weighted by Crippen LogP contribution is 2.59. The van der Waals surface area contributed by atoms with Crippen LogP contribution in [0.25, 0.3) is 0 Å². The molecule has 0 aromatic heterocycles. The van der Waals surface area contributed by atoms with E-state index in [1.165, 1.54) is 7.11 Å². The Morgan fingerprint density at radius 2 is 1.61 bits per heavy atom. The largest absolute Gasteiger partial charge is 0.498 e. The predicted molar refractivity (Wildman–Crippen MR) is 152 cm³/mol. The van der Waals surface area contributed by atoms with Crippen LogP contribution in [0.4, 0.5) is 4.79 Å². The highest BCUT2D eigenvalue weighted by molar-refractivity contribution is 5.72. The molecule has 2 aliphatic carbocycles. The van der Waals surface area contributed by atoms with E-state index in [9.17, 15) is 15.0 Å². The Hall–Kier alpha value is -4.01. The number of carbonyl (C=O) groups is 1. The molecule has 1 heterocycles. The predicted octanol–water partition coefficient (Wildman–Crippen LogP) is 4.51. The van der Waals surface area contributed by atoms with Crippen LogP contribution in [0.2, 0.25) is 0 Å². The summed E-state index contributed by atoms with van der Waals surface area (Å²) in [4.78, 5) is 15.2. The number of rotatable bonds is 7. The lowest BCUT2D eigenvalue weighted by molar-refractivity contribution is -0.0351. The first-order chi connectivity index (χ1) is 20.0. The standard InChI is InChI=1S/C33H35NO7/c1-38-26-14-13-23-17-24-28-31(39-2)29(36)25(35)18-33(28,27(23)30(26)40-19-21-9-5-3-6-10-21)15-16-34(24)32(37)41-20-22-11-7-4-8-12-22/h3-14,24-25,29,35-36H,15-20H2,1-2H3/t24-,25-,29-,33+/m1/s1. The van der Waals surface area contributed by atoms with Gasteiger partial charge in [-0.25, -0.2) is 4.79 Å². The Morgan fingerprint density at radius 3 is 2.27 bits per heavy atom. The molecule has 4 atom stereocenters. The summed E-state index contributed by atoms with van der Waals surface area (Å²) in [7, 11) is 3.11. The number of piperidine rings is 1. The zero-order valence-electron chi connectivity index (χ0n) is 23.3. The first-order valence-corrected chi connectivity index (χ1v) is 14.0. The number of ether oxygens (including phenoxy) is 4. The van der Waals surface area contributed by atoms with Crippen molar-refractivity contribution in [1.29, 1.82) is 0 Å². The van der Waals surface area contributed by atoms with E-state index in [2.05, 4.69) is 0 Å². The van der Waals surface area contributed by atoms with Gasteiger partial charge in [-0.05, 0) is 42.0 Å². The average molecular weight is 558 g/mol. The fraction of sp³-hybridized carbons (Fsp3) is 0.364. The lowest BCUT2D eigenvalue weighted by Crippen LogP contribution is -2.61. The maximum atomic E-state index is 13.5. The Morgan fingerprint density at radius 1 is 0.927 bits per heavy atom. The van der Waals surface area contributed by atoms with E-state index in [4.69, 9.17) is 18.9 Å². The number of methoxy groups -OCH3 is 2. The van der Waals surface area contributed by atoms with Gasteiger partial charge in [0, 0.05) is 23.1 Å². The molecule has 8 heteroatoms. The maximum Gasteiger partial charge on any atom is 0.410 e. The molecule has 3 aliphatic rings. The Balaban J connectivity index is 1.43. The molecule has 0 saturated carbocycles. The smallest absolute Gasteiger partial charge is 0.410 e. The fourth-order valence-corrected chi connectivity index (χ4v) is 6.86. The highest BCUT2D eigenvalue weighted by atomic mass is 16.6.